The molecular formula is C28H52N2O2. The Kier molecular flexibility index (Phi) is 10.2. The number of rotatable bonds is 9. The van der Waals surface area contributed by atoms with Gasteiger partial charge in [0.1, 0.15) is 0 Å². The van der Waals surface area contributed by atoms with Crippen molar-refractivity contribution in [2.24, 2.45) is 29.6 Å². The van der Waals surface area contributed by atoms with Crippen LogP contribution >= 0.6 is 0 Å². The van der Waals surface area contributed by atoms with Crippen molar-refractivity contribution < 1.29 is 9.47 Å². The van der Waals surface area contributed by atoms with E-state index in [2.05, 4.69) is 10.2 Å². The summed E-state index contributed by atoms with van der Waals surface area (Å²) < 4.78 is 11.3. The molecule has 0 amide bonds. The predicted octanol–water partition coefficient (Wildman–Crippen LogP) is 5.50. The molecule has 3 aliphatic carbocycles. The molecule has 0 spiro atoms. The minimum Gasteiger partial charge on any atom is -0.381 e. The van der Waals surface area contributed by atoms with Crippen LogP contribution in [0.2, 0.25) is 0 Å². The summed E-state index contributed by atoms with van der Waals surface area (Å²) in [6.07, 6.45) is 20.4. The van der Waals surface area contributed by atoms with Crippen LogP contribution in [0.3, 0.4) is 0 Å². The molecule has 4 heteroatoms. The van der Waals surface area contributed by atoms with E-state index >= 15 is 0 Å². The highest BCUT2D eigenvalue weighted by atomic mass is 16.5. The van der Waals surface area contributed by atoms with Gasteiger partial charge in [0.15, 0.2) is 0 Å². The fraction of sp³-hybridized carbons (Fsp3) is 1.00. The largest absolute Gasteiger partial charge is 0.381 e. The number of hydrogen-bond donors (Lipinski definition) is 1. The summed E-state index contributed by atoms with van der Waals surface area (Å²) >= 11 is 0. The highest BCUT2D eigenvalue weighted by Gasteiger charge is 2.31. The number of hydrogen-bond acceptors (Lipinski definition) is 4. The fourth-order valence-corrected chi connectivity index (χ4v) is 7.58. The van der Waals surface area contributed by atoms with Crippen molar-refractivity contribution in [1.82, 2.24) is 10.2 Å². The van der Waals surface area contributed by atoms with Crippen molar-refractivity contribution in [2.75, 3.05) is 46.9 Å². The fourth-order valence-electron chi connectivity index (χ4n) is 7.58. The molecule has 0 aromatic heterocycles. The summed E-state index contributed by atoms with van der Waals surface area (Å²) in [6.45, 7) is 6.57. The third-order valence-electron chi connectivity index (χ3n) is 9.75. The number of ether oxygens (including phenoxy) is 2. The smallest absolute Gasteiger partial charge is 0.0571 e. The van der Waals surface area contributed by atoms with Gasteiger partial charge in [0.25, 0.3) is 0 Å². The van der Waals surface area contributed by atoms with Gasteiger partial charge in [0, 0.05) is 33.9 Å². The van der Waals surface area contributed by atoms with Crippen molar-refractivity contribution in [1.29, 1.82) is 0 Å². The van der Waals surface area contributed by atoms with Crippen LogP contribution in [0.5, 0.6) is 0 Å². The van der Waals surface area contributed by atoms with Gasteiger partial charge < -0.3 is 19.7 Å². The lowest BCUT2D eigenvalue weighted by Gasteiger charge is -2.40. The van der Waals surface area contributed by atoms with Crippen LogP contribution in [0.1, 0.15) is 89.9 Å². The van der Waals surface area contributed by atoms with E-state index in [4.69, 9.17) is 9.47 Å². The summed E-state index contributed by atoms with van der Waals surface area (Å²) in [5, 5.41) is 3.56. The van der Waals surface area contributed by atoms with Gasteiger partial charge in [-0.25, -0.2) is 0 Å². The number of nitrogens with one attached hydrogen (secondary N) is 1. The zero-order valence-electron chi connectivity index (χ0n) is 21.2. The Morgan fingerprint density at radius 3 is 1.31 bits per heavy atom. The lowest BCUT2D eigenvalue weighted by atomic mass is 9.73. The maximum absolute atomic E-state index is 5.64. The van der Waals surface area contributed by atoms with Gasteiger partial charge >= 0.3 is 0 Å². The van der Waals surface area contributed by atoms with Crippen LogP contribution in [-0.2, 0) is 9.47 Å². The van der Waals surface area contributed by atoms with Crippen LogP contribution < -0.4 is 5.32 Å². The molecule has 1 heterocycles. The van der Waals surface area contributed by atoms with Crippen LogP contribution in [0, 0.1) is 29.6 Å². The Hall–Kier alpha value is -0.160. The molecular weight excluding hydrogens is 396 g/mol. The highest BCUT2D eigenvalue weighted by molar-refractivity contribution is 4.84. The molecule has 4 aliphatic rings. The third-order valence-corrected chi connectivity index (χ3v) is 9.75. The van der Waals surface area contributed by atoms with Crippen LogP contribution in [0.15, 0.2) is 0 Å². The lowest BCUT2D eigenvalue weighted by Crippen LogP contribution is -2.41. The average molecular weight is 449 g/mol. The van der Waals surface area contributed by atoms with Crippen molar-refractivity contribution in [3.05, 3.63) is 0 Å². The average Bonchev–Trinajstić information content (AvgIpc) is 2.86. The molecule has 3 saturated carbocycles. The minimum absolute atomic E-state index is 0.522. The first-order valence-corrected chi connectivity index (χ1v) is 14.2. The highest BCUT2D eigenvalue weighted by Crippen LogP contribution is 2.38. The maximum Gasteiger partial charge on any atom is 0.0571 e. The molecule has 4 fully saturated rings. The Morgan fingerprint density at radius 1 is 0.531 bits per heavy atom. The lowest BCUT2D eigenvalue weighted by molar-refractivity contribution is 0.0335. The SMILES string of the molecule is COC1CCC(CN(CC2CCC(OC)CC2)CC2CCC(C3CCNCC3)CC2)CC1. The molecule has 186 valence electrons. The molecule has 0 bridgehead atoms. The molecule has 0 radical (unpaired) electrons. The molecule has 0 aromatic carbocycles. The van der Waals surface area contributed by atoms with Gasteiger partial charge in [-0.2, -0.15) is 0 Å². The number of methoxy groups -OCH3 is 2. The van der Waals surface area contributed by atoms with Crippen molar-refractivity contribution in [3.8, 4) is 0 Å². The van der Waals surface area contributed by atoms with Crippen molar-refractivity contribution in [3.63, 3.8) is 0 Å². The summed E-state index contributed by atoms with van der Waals surface area (Å²) in [5.74, 6) is 4.76. The molecule has 1 N–H and O–H groups in total. The van der Waals surface area contributed by atoms with Crippen LogP contribution in [-0.4, -0.2) is 64.1 Å². The minimum atomic E-state index is 0.522. The van der Waals surface area contributed by atoms with E-state index in [9.17, 15) is 0 Å². The van der Waals surface area contributed by atoms with Gasteiger partial charge in [-0.1, -0.05) is 0 Å². The predicted molar refractivity (Wildman–Crippen MR) is 133 cm³/mol. The molecule has 32 heavy (non-hydrogen) atoms. The summed E-state index contributed by atoms with van der Waals surface area (Å²) in [4.78, 5) is 2.94. The molecule has 0 atom stereocenters. The van der Waals surface area contributed by atoms with E-state index in [1.807, 2.05) is 14.2 Å². The molecule has 0 unspecified atom stereocenters. The summed E-state index contributed by atoms with van der Waals surface area (Å²) in [5.41, 5.74) is 0. The quantitative estimate of drug-likeness (QED) is 0.505. The van der Waals surface area contributed by atoms with Gasteiger partial charge in [-0.15, -0.1) is 0 Å². The number of nitrogens with zero attached hydrogens (tertiary/aromatic N) is 1. The monoisotopic (exact) mass is 448 g/mol. The van der Waals surface area contributed by atoms with Crippen LogP contribution in [0.4, 0.5) is 0 Å². The van der Waals surface area contributed by atoms with Gasteiger partial charge in [0.2, 0.25) is 0 Å². The first-order chi connectivity index (χ1) is 15.7. The second kappa shape index (κ2) is 13.1. The first-order valence-electron chi connectivity index (χ1n) is 14.2. The molecule has 1 aliphatic heterocycles. The number of piperidine rings is 1. The van der Waals surface area contributed by atoms with Gasteiger partial charge in [-0.05, 0) is 133 Å². The second-order valence-corrected chi connectivity index (χ2v) is 11.8. The third kappa shape index (κ3) is 7.42. The Labute approximate surface area is 198 Å². The maximum atomic E-state index is 5.64. The Balaban J connectivity index is 1.26. The normalized spacial score (nSPS) is 37.6. The second-order valence-electron chi connectivity index (χ2n) is 11.8. The zero-order valence-corrected chi connectivity index (χ0v) is 21.2. The molecule has 0 aromatic rings. The zero-order chi connectivity index (χ0) is 22.2. The van der Waals surface area contributed by atoms with E-state index in [1.54, 1.807) is 0 Å². The first kappa shape index (κ1) is 24.9. The van der Waals surface area contributed by atoms with E-state index in [0.717, 1.165) is 29.6 Å². The topological polar surface area (TPSA) is 33.7 Å². The van der Waals surface area contributed by atoms with E-state index < -0.39 is 0 Å². The molecule has 4 rings (SSSR count). The van der Waals surface area contributed by atoms with Crippen molar-refractivity contribution in [2.45, 2.75) is 102 Å². The van der Waals surface area contributed by atoms with E-state index in [1.165, 1.54) is 123 Å². The summed E-state index contributed by atoms with van der Waals surface area (Å²) in [6, 6.07) is 0. The van der Waals surface area contributed by atoms with Crippen molar-refractivity contribution >= 4 is 0 Å². The molecule has 1 saturated heterocycles. The van der Waals surface area contributed by atoms with Crippen LogP contribution in [0.25, 0.3) is 0 Å². The van der Waals surface area contributed by atoms with Gasteiger partial charge in [0.05, 0.1) is 12.2 Å². The molecule has 4 nitrogen and oxygen atoms in total. The Morgan fingerprint density at radius 2 is 0.906 bits per heavy atom. The van der Waals surface area contributed by atoms with E-state index in [0.29, 0.717) is 12.2 Å². The Bertz CT molecular complexity index is 474. The van der Waals surface area contributed by atoms with E-state index in [-0.39, 0.29) is 0 Å². The standard InChI is InChI=1S/C28H52N2O2/c1-31-27-11-5-23(6-12-27)20-30(21-24-7-13-28(32-2)14-8-24)19-22-3-9-25(10-4-22)26-15-17-29-18-16-26/h22-29H,3-21H2,1-2H3. The summed E-state index contributed by atoms with van der Waals surface area (Å²) in [7, 11) is 3.79. The van der Waals surface area contributed by atoms with Gasteiger partial charge in [-0.3, -0.25) is 0 Å².